The first-order valence-electron chi connectivity index (χ1n) is 10.3. The molecule has 1 spiro atoms. The predicted molar refractivity (Wildman–Crippen MR) is 108 cm³/mol. The average Bonchev–Trinajstić information content (AvgIpc) is 2.82. The van der Waals surface area contributed by atoms with Crippen LogP contribution in [0.25, 0.3) is 0 Å². The highest BCUT2D eigenvalue weighted by Gasteiger charge is 2.56. The third-order valence-corrected chi connectivity index (χ3v) is 6.62. The lowest BCUT2D eigenvalue weighted by molar-refractivity contribution is -0.138. The molecule has 3 aliphatic rings. The quantitative estimate of drug-likeness (QED) is 0.761. The number of benzene rings is 1. The van der Waals surface area contributed by atoms with Gasteiger partial charge in [0.05, 0.1) is 12.7 Å². The van der Waals surface area contributed by atoms with Crippen LogP contribution >= 0.6 is 0 Å². The molecule has 7 nitrogen and oxygen atoms in total. The van der Waals surface area contributed by atoms with E-state index in [1.165, 1.54) is 4.90 Å². The summed E-state index contributed by atoms with van der Waals surface area (Å²) in [5.74, 6) is -0.263. The minimum atomic E-state index is -0.839. The van der Waals surface area contributed by atoms with Crippen molar-refractivity contribution in [3.8, 4) is 0 Å². The van der Waals surface area contributed by atoms with Gasteiger partial charge in [-0.15, -0.1) is 0 Å². The minimum Gasteiger partial charge on any atom is -0.368 e. The van der Waals surface area contributed by atoms with Crippen LogP contribution in [0.4, 0.5) is 4.79 Å². The van der Waals surface area contributed by atoms with Crippen LogP contribution in [0.15, 0.2) is 24.3 Å². The summed E-state index contributed by atoms with van der Waals surface area (Å²) in [5, 5.41) is 3.00. The molecular formula is C22H30N4O3. The molecule has 4 rings (SSSR count). The van der Waals surface area contributed by atoms with Gasteiger partial charge in [-0.1, -0.05) is 45.0 Å². The maximum absolute atomic E-state index is 13.4. The Morgan fingerprint density at radius 1 is 1.21 bits per heavy atom. The molecule has 0 unspecified atom stereocenters. The molecule has 0 radical (unpaired) electrons. The molecular weight excluding hydrogens is 368 g/mol. The Balaban J connectivity index is 1.58. The van der Waals surface area contributed by atoms with Crippen molar-refractivity contribution in [3.05, 3.63) is 35.4 Å². The van der Waals surface area contributed by atoms with Crippen molar-refractivity contribution in [2.45, 2.75) is 64.6 Å². The van der Waals surface area contributed by atoms with Crippen LogP contribution in [0.2, 0.25) is 0 Å². The van der Waals surface area contributed by atoms with E-state index >= 15 is 0 Å². The molecule has 29 heavy (non-hydrogen) atoms. The molecule has 1 aromatic carbocycles. The zero-order valence-electron chi connectivity index (χ0n) is 17.4. The van der Waals surface area contributed by atoms with Crippen LogP contribution in [0.3, 0.4) is 0 Å². The van der Waals surface area contributed by atoms with E-state index in [-0.39, 0.29) is 24.0 Å². The summed E-state index contributed by atoms with van der Waals surface area (Å²) in [7, 11) is 0. The summed E-state index contributed by atoms with van der Waals surface area (Å²) >= 11 is 0. The molecule has 4 amide bonds. The number of carbonyl (C=O) groups excluding carboxylic acids is 3. The van der Waals surface area contributed by atoms with Crippen molar-refractivity contribution in [2.75, 3.05) is 6.67 Å². The second kappa shape index (κ2) is 6.83. The highest BCUT2D eigenvalue weighted by molar-refractivity contribution is 6.07. The molecule has 7 heteroatoms. The molecule has 2 heterocycles. The standard InChI is InChI=1S/C22H30N4O3/c1-14-9-21(2,3)12-22(10-14)19(28)26(20(29)24-22)13-25-11-16-7-5-4-6-15(16)8-17(25)18(23)27/h4-7,14,17H,8-13H2,1-3H3,(H2,23,27)(H,24,29)/t14-,17-,22+/m1/s1. The summed E-state index contributed by atoms with van der Waals surface area (Å²) in [4.78, 5) is 41.5. The van der Waals surface area contributed by atoms with Gasteiger partial charge in [0.2, 0.25) is 5.91 Å². The van der Waals surface area contributed by atoms with Crippen LogP contribution in [-0.2, 0) is 22.6 Å². The number of carbonyl (C=O) groups is 3. The van der Waals surface area contributed by atoms with Gasteiger partial charge in [-0.25, -0.2) is 9.69 Å². The van der Waals surface area contributed by atoms with E-state index in [2.05, 4.69) is 26.1 Å². The van der Waals surface area contributed by atoms with Crippen LogP contribution in [0.5, 0.6) is 0 Å². The number of nitrogens with two attached hydrogens (primary N) is 1. The maximum Gasteiger partial charge on any atom is 0.326 e. The Morgan fingerprint density at radius 2 is 1.90 bits per heavy atom. The summed E-state index contributed by atoms with van der Waals surface area (Å²) < 4.78 is 0. The molecule has 0 bridgehead atoms. The fourth-order valence-corrected chi connectivity index (χ4v) is 5.82. The smallest absolute Gasteiger partial charge is 0.326 e. The van der Waals surface area contributed by atoms with Crippen molar-refractivity contribution >= 4 is 17.8 Å². The van der Waals surface area contributed by atoms with Gasteiger partial charge in [0.1, 0.15) is 5.54 Å². The Bertz CT molecular complexity index is 867. The largest absolute Gasteiger partial charge is 0.368 e. The summed E-state index contributed by atoms with van der Waals surface area (Å²) in [6.07, 6.45) is 2.81. The average molecular weight is 399 g/mol. The molecule has 1 saturated carbocycles. The Kier molecular flexibility index (Phi) is 4.69. The summed E-state index contributed by atoms with van der Waals surface area (Å²) in [6.45, 7) is 6.99. The topological polar surface area (TPSA) is 95.7 Å². The summed E-state index contributed by atoms with van der Waals surface area (Å²) in [5.41, 5.74) is 6.99. The Morgan fingerprint density at radius 3 is 2.55 bits per heavy atom. The van der Waals surface area contributed by atoms with E-state index in [1.54, 1.807) is 0 Å². The third-order valence-electron chi connectivity index (χ3n) is 6.62. The lowest BCUT2D eigenvalue weighted by atomic mass is 9.64. The van der Waals surface area contributed by atoms with E-state index in [9.17, 15) is 14.4 Å². The van der Waals surface area contributed by atoms with E-state index in [0.717, 1.165) is 17.5 Å². The SMILES string of the molecule is C[C@@H]1CC(C)(C)C[C@]2(C1)NC(=O)N(CN1Cc3ccccc3C[C@@H]1C(N)=O)C2=O. The first kappa shape index (κ1) is 19.9. The molecule has 3 N–H and O–H groups in total. The zero-order valence-corrected chi connectivity index (χ0v) is 17.4. The van der Waals surface area contributed by atoms with Crippen LogP contribution in [0, 0.1) is 11.3 Å². The molecule has 0 aromatic heterocycles. The number of urea groups is 1. The fourth-order valence-electron chi connectivity index (χ4n) is 5.82. The number of nitrogens with zero attached hydrogens (tertiary/aromatic N) is 2. The second-order valence-electron chi connectivity index (χ2n) is 9.88. The molecule has 2 aliphatic heterocycles. The molecule has 1 saturated heterocycles. The number of primary amides is 1. The second-order valence-corrected chi connectivity index (χ2v) is 9.88. The fraction of sp³-hybridized carbons (Fsp3) is 0.591. The van der Waals surface area contributed by atoms with Gasteiger partial charge in [-0.3, -0.25) is 14.5 Å². The van der Waals surface area contributed by atoms with Crippen molar-refractivity contribution in [1.82, 2.24) is 15.1 Å². The van der Waals surface area contributed by atoms with Gasteiger partial charge >= 0.3 is 6.03 Å². The number of fused-ring (bicyclic) bond motifs is 1. The van der Waals surface area contributed by atoms with Gasteiger partial charge < -0.3 is 11.1 Å². The Hall–Kier alpha value is -2.41. The van der Waals surface area contributed by atoms with Gasteiger partial charge in [0, 0.05) is 6.54 Å². The molecule has 1 aliphatic carbocycles. The normalized spacial score (nSPS) is 31.6. The molecule has 156 valence electrons. The number of rotatable bonds is 3. The van der Waals surface area contributed by atoms with Gasteiger partial charge in [-0.05, 0) is 48.1 Å². The zero-order chi connectivity index (χ0) is 21.0. The minimum absolute atomic E-state index is 0.0174. The lowest BCUT2D eigenvalue weighted by Crippen LogP contribution is -2.56. The first-order valence-corrected chi connectivity index (χ1v) is 10.3. The van der Waals surface area contributed by atoms with Crippen LogP contribution in [-0.4, -0.2) is 45.9 Å². The highest BCUT2D eigenvalue weighted by atomic mass is 16.2. The number of imide groups is 1. The monoisotopic (exact) mass is 398 g/mol. The third kappa shape index (κ3) is 3.52. The molecule has 3 atom stereocenters. The number of amides is 4. The highest BCUT2D eigenvalue weighted by Crippen LogP contribution is 2.46. The first-order chi connectivity index (χ1) is 13.6. The van der Waals surface area contributed by atoms with E-state index in [4.69, 9.17) is 5.73 Å². The molecule has 2 fully saturated rings. The maximum atomic E-state index is 13.4. The predicted octanol–water partition coefficient (Wildman–Crippen LogP) is 1.99. The Labute approximate surface area is 171 Å². The van der Waals surface area contributed by atoms with Crippen molar-refractivity contribution in [3.63, 3.8) is 0 Å². The van der Waals surface area contributed by atoms with Crippen molar-refractivity contribution < 1.29 is 14.4 Å². The van der Waals surface area contributed by atoms with E-state index in [1.807, 2.05) is 29.2 Å². The summed E-state index contributed by atoms with van der Waals surface area (Å²) in [6, 6.07) is 7.00. The van der Waals surface area contributed by atoms with Gasteiger partial charge in [0.25, 0.3) is 5.91 Å². The van der Waals surface area contributed by atoms with E-state index < -0.39 is 17.5 Å². The molecule has 1 aromatic rings. The van der Waals surface area contributed by atoms with Crippen LogP contribution < -0.4 is 11.1 Å². The van der Waals surface area contributed by atoms with Gasteiger partial charge in [0.15, 0.2) is 0 Å². The number of hydrogen-bond donors (Lipinski definition) is 2. The van der Waals surface area contributed by atoms with E-state index in [0.29, 0.717) is 31.7 Å². The van der Waals surface area contributed by atoms with Crippen LogP contribution in [0.1, 0.15) is 51.2 Å². The lowest BCUT2D eigenvalue weighted by Gasteiger charge is -2.44. The number of nitrogens with one attached hydrogen (secondary N) is 1. The van der Waals surface area contributed by atoms with Gasteiger partial charge in [-0.2, -0.15) is 0 Å². The number of hydrogen-bond acceptors (Lipinski definition) is 4. The van der Waals surface area contributed by atoms with Crippen molar-refractivity contribution in [2.24, 2.45) is 17.1 Å². The van der Waals surface area contributed by atoms with Crippen molar-refractivity contribution in [1.29, 1.82) is 0 Å².